The van der Waals surface area contributed by atoms with Crippen LogP contribution in [0, 0.1) is 0 Å². The van der Waals surface area contributed by atoms with Crippen molar-refractivity contribution in [3.63, 3.8) is 0 Å². The zero-order valence-electron chi connectivity index (χ0n) is 11.1. The van der Waals surface area contributed by atoms with Crippen molar-refractivity contribution in [2.45, 2.75) is 26.8 Å². The quantitative estimate of drug-likeness (QED) is 0.753. The Labute approximate surface area is 108 Å². The smallest absolute Gasteiger partial charge is 0.231 e. The molecule has 100 valence electrons. The molecule has 0 saturated heterocycles. The van der Waals surface area contributed by atoms with Crippen molar-refractivity contribution in [3.05, 3.63) is 23.9 Å². The summed E-state index contributed by atoms with van der Waals surface area (Å²) in [6.45, 7) is 6.39. The Morgan fingerprint density at radius 2 is 2.28 bits per heavy atom. The highest BCUT2D eigenvalue weighted by Crippen LogP contribution is 2.11. The van der Waals surface area contributed by atoms with Crippen LogP contribution in [0.25, 0.3) is 0 Å². The highest BCUT2D eigenvalue weighted by molar-refractivity contribution is 5.75. The van der Waals surface area contributed by atoms with Gasteiger partial charge in [-0.3, -0.25) is 9.69 Å². The van der Waals surface area contributed by atoms with E-state index in [0.717, 1.165) is 18.5 Å². The Bertz CT molecular complexity index is 382. The fraction of sp³-hybridized carbons (Fsp3) is 0.538. The van der Waals surface area contributed by atoms with Gasteiger partial charge in [0, 0.05) is 18.8 Å². The second kappa shape index (κ2) is 7.66. The van der Waals surface area contributed by atoms with E-state index in [9.17, 15) is 4.79 Å². The number of carbonyl (C=O) groups is 1. The van der Waals surface area contributed by atoms with Crippen LogP contribution in [0.4, 0.5) is 0 Å². The molecular weight excluding hydrogens is 230 g/mol. The maximum Gasteiger partial charge on any atom is 0.231 e. The van der Waals surface area contributed by atoms with Gasteiger partial charge >= 0.3 is 0 Å². The molecule has 0 fully saturated rings. The molecule has 0 aliphatic carbocycles. The van der Waals surface area contributed by atoms with Gasteiger partial charge in [-0.15, -0.1) is 0 Å². The molecule has 1 aromatic heterocycles. The maximum atomic E-state index is 11.0. The topological polar surface area (TPSA) is 68.5 Å². The minimum absolute atomic E-state index is 0.278. The molecule has 0 radical (unpaired) electrons. The summed E-state index contributed by atoms with van der Waals surface area (Å²) in [5.74, 6) is 0.313. The lowest BCUT2D eigenvalue weighted by molar-refractivity contribution is -0.119. The number of aromatic nitrogens is 1. The van der Waals surface area contributed by atoms with Gasteiger partial charge in [-0.1, -0.05) is 6.92 Å². The summed E-state index contributed by atoms with van der Waals surface area (Å²) in [7, 11) is 0. The van der Waals surface area contributed by atoms with Crippen molar-refractivity contribution in [1.29, 1.82) is 0 Å². The van der Waals surface area contributed by atoms with Gasteiger partial charge in [0.1, 0.15) is 0 Å². The van der Waals surface area contributed by atoms with E-state index in [-0.39, 0.29) is 12.5 Å². The molecular formula is C13H21N3O2. The monoisotopic (exact) mass is 251 g/mol. The Kier molecular flexibility index (Phi) is 6.14. The largest absolute Gasteiger partial charge is 0.478 e. The van der Waals surface area contributed by atoms with Gasteiger partial charge in [0.15, 0.2) is 0 Å². The lowest BCUT2D eigenvalue weighted by Gasteiger charge is -2.20. The van der Waals surface area contributed by atoms with Crippen LogP contribution in [0.5, 0.6) is 5.88 Å². The van der Waals surface area contributed by atoms with Crippen LogP contribution in [-0.2, 0) is 11.3 Å². The minimum atomic E-state index is -0.303. The van der Waals surface area contributed by atoms with Crippen LogP contribution < -0.4 is 10.5 Å². The van der Waals surface area contributed by atoms with Crippen molar-refractivity contribution in [3.8, 4) is 5.88 Å². The summed E-state index contributed by atoms with van der Waals surface area (Å²) < 4.78 is 5.35. The van der Waals surface area contributed by atoms with E-state index in [2.05, 4.69) is 11.9 Å². The highest BCUT2D eigenvalue weighted by Gasteiger charge is 2.08. The summed E-state index contributed by atoms with van der Waals surface area (Å²) in [5.41, 5.74) is 6.31. The second-order valence-electron chi connectivity index (χ2n) is 4.11. The van der Waals surface area contributed by atoms with Crippen LogP contribution >= 0.6 is 0 Å². The third-order valence-electron chi connectivity index (χ3n) is 2.42. The predicted molar refractivity (Wildman–Crippen MR) is 70.2 cm³/mol. The number of hydrogen-bond donors (Lipinski definition) is 1. The first kappa shape index (κ1) is 14.4. The Morgan fingerprint density at radius 3 is 2.89 bits per heavy atom. The Hall–Kier alpha value is -1.62. The molecule has 1 aromatic rings. The molecule has 1 heterocycles. The van der Waals surface area contributed by atoms with Gasteiger partial charge in [-0.05, 0) is 31.5 Å². The van der Waals surface area contributed by atoms with Gasteiger partial charge in [-0.2, -0.15) is 0 Å². The van der Waals surface area contributed by atoms with Crippen molar-refractivity contribution >= 4 is 5.91 Å². The summed E-state index contributed by atoms with van der Waals surface area (Å²) in [6.07, 6.45) is 2.70. The number of amides is 1. The number of ether oxygens (including phenoxy) is 1. The first-order valence-electron chi connectivity index (χ1n) is 6.24. The van der Waals surface area contributed by atoms with Crippen LogP contribution in [0.1, 0.15) is 25.8 Å². The van der Waals surface area contributed by atoms with Gasteiger partial charge < -0.3 is 10.5 Å². The third kappa shape index (κ3) is 5.14. The molecule has 2 N–H and O–H groups in total. The van der Waals surface area contributed by atoms with Gasteiger partial charge in [0.05, 0.1) is 13.2 Å². The molecule has 5 nitrogen and oxygen atoms in total. The van der Waals surface area contributed by atoms with E-state index in [1.165, 1.54) is 0 Å². The molecule has 0 atom stereocenters. The Morgan fingerprint density at radius 1 is 1.50 bits per heavy atom. The molecule has 18 heavy (non-hydrogen) atoms. The maximum absolute atomic E-state index is 11.0. The molecule has 0 aromatic carbocycles. The predicted octanol–water partition coefficient (Wildman–Crippen LogP) is 1.18. The van der Waals surface area contributed by atoms with Crippen LogP contribution in [0.2, 0.25) is 0 Å². The average Bonchev–Trinajstić information content (AvgIpc) is 2.29. The summed E-state index contributed by atoms with van der Waals surface area (Å²) >= 11 is 0. The summed E-state index contributed by atoms with van der Waals surface area (Å²) in [6, 6.07) is 3.82. The van der Waals surface area contributed by atoms with Gasteiger partial charge in [-0.25, -0.2) is 4.98 Å². The summed E-state index contributed by atoms with van der Waals surface area (Å²) in [4.78, 5) is 17.1. The fourth-order valence-electron chi connectivity index (χ4n) is 1.78. The van der Waals surface area contributed by atoms with Crippen LogP contribution in [0.3, 0.4) is 0 Å². The van der Waals surface area contributed by atoms with E-state index in [1.54, 1.807) is 6.20 Å². The van der Waals surface area contributed by atoms with E-state index in [1.807, 2.05) is 24.0 Å². The van der Waals surface area contributed by atoms with E-state index in [0.29, 0.717) is 19.0 Å². The van der Waals surface area contributed by atoms with Crippen LogP contribution in [-0.4, -0.2) is 35.5 Å². The van der Waals surface area contributed by atoms with Gasteiger partial charge in [0.25, 0.3) is 0 Å². The number of pyridine rings is 1. The van der Waals surface area contributed by atoms with Crippen LogP contribution in [0.15, 0.2) is 18.3 Å². The van der Waals surface area contributed by atoms with Crippen molar-refractivity contribution in [1.82, 2.24) is 9.88 Å². The minimum Gasteiger partial charge on any atom is -0.478 e. The molecule has 0 spiro atoms. The number of primary amides is 1. The molecule has 0 saturated carbocycles. The number of nitrogens with two attached hydrogens (primary N) is 1. The highest BCUT2D eigenvalue weighted by atomic mass is 16.5. The standard InChI is InChI=1S/C13H21N3O2/c1-3-7-16(10-12(14)17)9-11-5-6-15-13(8-11)18-4-2/h5-6,8H,3-4,7,9-10H2,1-2H3,(H2,14,17). The lowest BCUT2D eigenvalue weighted by atomic mass is 10.2. The average molecular weight is 251 g/mol. The third-order valence-corrected chi connectivity index (χ3v) is 2.42. The van der Waals surface area contributed by atoms with Crippen molar-refractivity contribution < 1.29 is 9.53 Å². The van der Waals surface area contributed by atoms with E-state index in [4.69, 9.17) is 10.5 Å². The lowest BCUT2D eigenvalue weighted by Crippen LogP contribution is -2.33. The van der Waals surface area contributed by atoms with Crippen molar-refractivity contribution in [2.24, 2.45) is 5.73 Å². The first-order chi connectivity index (χ1) is 8.65. The molecule has 0 unspecified atom stereocenters. The number of rotatable bonds is 8. The molecule has 1 amide bonds. The second-order valence-corrected chi connectivity index (χ2v) is 4.11. The normalized spacial score (nSPS) is 10.6. The SMILES string of the molecule is CCCN(CC(N)=O)Cc1ccnc(OCC)c1. The fourth-order valence-corrected chi connectivity index (χ4v) is 1.78. The Balaban J connectivity index is 2.67. The van der Waals surface area contributed by atoms with E-state index < -0.39 is 0 Å². The van der Waals surface area contributed by atoms with Crippen molar-refractivity contribution in [2.75, 3.05) is 19.7 Å². The zero-order valence-corrected chi connectivity index (χ0v) is 11.1. The molecule has 0 aliphatic rings. The zero-order chi connectivity index (χ0) is 13.4. The molecule has 0 aliphatic heterocycles. The van der Waals surface area contributed by atoms with E-state index >= 15 is 0 Å². The molecule has 5 heteroatoms. The number of hydrogen-bond acceptors (Lipinski definition) is 4. The number of nitrogens with zero attached hydrogens (tertiary/aromatic N) is 2. The molecule has 0 bridgehead atoms. The molecule has 1 rings (SSSR count). The number of carbonyl (C=O) groups excluding carboxylic acids is 1. The summed E-state index contributed by atoms with van der Waals surface area (Å²) in [5, 5.41) is 0. The first-order valence-corrected chi connectivity index (χ1v) is 6.24. The van der Waals surface area contributed by atoms with Gasteiger partial charge in [0.2, 0.25) is 11.8 Å².